The van der Waals surface area contributed by atoms with Crippen molar-refractivity contribution in [1.29, 1.82) is 0 Å². The third-order valence-electron chi connectivity index (χ3n) is 2.59. The second kappa shape index (κ2) is 7.25. The molecule has 0 amide bonds. The largest absolute Gasteiger partial charge is 0.504 e. The summed E-state index contributed by atoms with van der Waals surface area (Å²) in [6.45, 7) is 2.04. The minimum absolute atomic E-state index is 0. The molecule has 0 bridgehead atoms. The number of benzene rings is 1. The van der Waals surface area contributed by atoms with Crippen LogP contribution in [0.15, 0.2) is 12.1 Å². The van der Waals surface area contributed by atoms with Crippen molar-refractivity contribution in [1.82, 2.24) is 0 Å². The first kappa shape index (κ1) is 15.9. The Hall–Kier alpha value is -1.13. The van der Waals surface area contributed by atoms with Crippen LogP contribution in [0.25, 0.3) is 0 Å². The SMILES string of the molecule is CC[C@@H](N)Cc1cc(OC)c(O)cc1OC.Cl. The van der Waals surface area contributed by atoms with Gasteiger partial charge in [0.2, 0.25) is 0 Å². The molecular formula is C12H20ClNO3. The Labute approximate surface area is 108 Å². The quantitative estimate of drug-likeness (QED) is 0.852. The Balaban J connectivity index is 0.00000256. The van der Waals surface area contributed by atoms with Crippen molar-refractivity contribution in [3.05, 3.63) is 17.7 Å². The summed E-state index contributed by atoms with van der Waals surface area (Å²) in [5, 5.41) is 9.60. The minimum atomic E-state index is 0. The Morgan fingerprint density at radius 3 is 2.29 bits per heavy atom. The van der Waals surface area contributed by atoms with E-state index < -0.39 is 0 Å². The summed E-state index contributed by atoms with van der Waals surface area (Å²) in [4.78, 5) is 0. The lowest BCUT2D eigenvalue weighted by Crippen LogP contribution is -2.21. The normalized spacial score (nSPS) is 11.5. The van der Waals surface area contributed by atoms with E-state index in [-0.39, 0.29) is 24.2 Å². The molecule has 1 aromatic rings. The lowest BCUT2D eigenvalue weighted by molar-refractivity contribution is 0.363. The van der Waals surface area contributed by atoms with Gasteiger partial charge in [-0.1, -0.05) is 6.92 Å². The summed E-state index contributed by atoms with van der Waals surface area (Å²) < 4.78 is 10.3. The van der Waals surface area contributed by atoms with Crippen LogP contribution in [0, 0.1) is 0 Å². The number of hydrogen-bond acceptors (Lipinski definition) is 4. The molecule has 5 heteroatoms. The molecule has 0 spiro atoms. The number of phenols is 1. The van der Waals surface area contributed by atoms with Gasteiger partial charge in [-0.25, -0.2) is 0 Å². The standard InChI is InChI=1S/C12H19NO3.ClH/c1-4-9(13)5-8-6-12(16-3)10(14)7-11(8)15-2;/h6-7,9,14H,4-5,13H2,1-3H3;1H/t9-;/m1./s1. The smallest absolute Gasteiger partial charge is 0.161 e. The number of nitrogens with two attached hydrogens (primary N) is 1. The Morgan fingerprint density at radius 2 is 1.82 bits per heavy atom. The summed E-state index contributed by atoms with van der Waals surface area (Å²) in [5.41, 5.74) is 6.85. The van der Waals surface area contributed by atoms with E-state index in [1.807, 2.05) is 6.92 Å². The average Bonchev–Trinajstić information content (AvgIpc) is 2.30. The van der Waals surface area contributed by atoms with E-state index in [2.05, 4.69) is 0 Å². The van der Waals surface area contributed by atoms with Crippen molar-refractivity contribution >= 4 is 12.4 Å². The van der Waals surface area contributed by atoms with Gasteiger partial charge < -0.3 is 20.3 Å². The predicted molar refractivity (Wildman–Crippen MR) is 70.4 cm³/mol. The molecule has 0 saturated carbocycles. The van der Waals surface area contributed by atoms with Gasteiger partial charge in [0.15, 0.2) is 11.5 Å². The first-order chi connectivity index (χ1) is 7.62. The third-order valence-corrected chi connectivity index (χ3v) is 2.59. The highest BCUT2D eigenvalue weighted by Gasteiger charge is 2.12. The van der Waals surface area contributed by atoms with E-state index in [0.29, 0.717) is 17.9 Å². The summed E-state index contributed by atoms with van der Waals surface area (Å²) >= 11 is 0. The van der Waals surface area contributed by atoms with Gasteiger partial charge in [0.1, 0.15) is 5.75 Å². The third kappa shape index (κ3) is 3.98. The Bertz CT molecular complexity index is 358. The van der Waals surface area contributed by atoms with Crippen LogP contribution in [0.4, 0.5) is 0 Å². The molecule has 0 heterocycles. The fourth-order valence-corrected chi connectivity index (χ4v) is 1.53. The van der Waals surface area contributed by atoms with Crippen LogP contribution in [-0.2, 0) is 6.42 Å². The molecule has 3 N–H and O–H groups in total. The number of aromatic hydroxyl groups is 1. The van der Waals surface area contributed by atoms with Gasteiger partial charge in [-0.05, 0) is 24.5 Å². The maximum Gasteiger partial charge on any atom is 0.161 e. The van der Waals surface area contributed by atoms with Crippen LogP contribution in [0.2, 0.25) is 0 Å². The number of hydrogen-bond donors (Lipinski definition) is 2. The second-order valence-corrected chi connectivity index (χ2v) is 3.71. The number of ether oxygens (including phenoxy) is 2. The molecule has 1 atom stereocenters. The zero-order valence-electron chi connectivity index (χ0n) is 10.4. The van der Waals surface area contributed by atoms with Crippen LogP contribution in [0.3, 0.4) is 0 Å². The molecule has 0 fully saturated rings. The summed E-state index contributed by atoms with van der Waals surface area (Å²) in [5.74, 6) is 1.16. The van der Waals surface area contributed by atoms with E-state index in [9.17, 15) is 5.11 Å². The van der Waals surface area contributed by atoms with Crippen molar-refractivity contribution in [2.24, 2.45) is 5.73 Å². The Morgan fingerprint density at radius 1 is 1.24 bits per heavy atom. The van der Waals surface area contributed by atoms with Crippen LogP contribution >= 0.6 is 12.4 Å². The zero-order valence-corrected chi connectivity index (χ0v) is 11.2. The molecule has 0 saturated heterocycles. The fourth-order valence-electron chi connectivity index (χ4n) is 1.53. The summed E-state index contributed by atoms with van der Waals surface area (Å²) in [6, 6.07) is 3.41. The van der Waals surface area contributed by atoms with Crippen LogP contribution < -0.4 is 15.2 Å². The monoisotopic (exact) mass is 261 g/mol. The van der Waals surface area contributed by atoms with Crippen molar-refractivity contribution in [2.45, 2.75) is 25.8 Å². The van der Waals surface area contributed by atoms with Crippen molar-refractivity contribution < 1.29 is 14.6 Å². The first-order valence-corrected chi connectivity index (χ1v) is 5.31. The van der Waals surface area contributed by atoms with Crippen LogP contribution in [0.5, 0.6) is 17.2 Å². The molecule has 0 aliphatic carbocycles. The van der Waals surface area contributed by atoms with Crippen molar-refractivity contribution in [2.75, 3.05) is 14.2 Å². The number of methoxy groups -OCH3 is 2. The Kier molecular flexibility index (Phi) is 6.76. The van der Waals surface area contributed by atoms with Gasteiger partial charge in [-0.3, -0.25) is 0 Å². The summed E-state index contributed by atoms with van der Waals surface area (Å²) in [6.07, 6.45) is 1.60. The highest BCUT2D eigenvalue weighted by atomic mass is 35.5. The van der Waals surface area contributed by atoms with E-state index in [1.54, 1.807) is 19.2 Å². The van der Waals surface area contributed by atoms with Crippen molar-refractivity contribution in [3.63, 3.8) is 0 Å². The van der Waals surface area contributed by atoms with Crippen molar-refractivity contribution in [3.8, 4) is 17.2 Å². The number of rotatable bonds is 5. The highest BCUT2D eigenvalue weighted by molar-refractivity contribution is 5.85. The van der Waals surface area contributed by atoms with Gasteiger partial charge in [-0.2, -0.15) is 0 Å². The van der Waals surface area contributed by atoms with E-state index >= 15 is 0 Å². The zero-order chi connectivity index (χ0) is 12.1. The van der Waals surface area contributed by atoms with Gasteiger partial charge in [0, 0.05) is 12.1 Å². The molecule has 0 aliphatic rings. The summed E-state index contributed by atoms with van der Waals surface area (Å²) in [7, 11) is 3.09. The molecule has 0 aliphatic heterocycles. The fraction of sp³-hybridized carbons (Fsp3) is 0.500. The second-order valence-electron chi connectivity index (χ2n) is 3.71. The lowest BCUT2D eigenvalue weighted by Gasteiger charge is -2.14. The van der Waals surface area contributed by atoms with Gasteiger partial charge in [0.25, 0.3) is 0 Å². The molecule has 1 aromatic carbocycles. The van der Waals surface area contributed by atoms with Crippen LogP contribution in [0.1, 0.15) is 18.9 Å². The molecule has 4 nitrogen and oxygen atoms in total. The molecule has 0 unspecified atom stereocenters. The first-order valence-electron chi connectivity index (χ1n) is 5.31. The van der Waals surface area contributed by atoms with E-state index in [1.165, 1.54) is 7.11 Å². The van der Waals surface area contributed by atoms with Gasteiger partial charge >= 0.3 is 0 Å². The van der Waals surface area contributed by atoms with E-state index in [0.717, 1.165) is 12.0 Å². The maximum absolute atomic E-state index is 9.60. The highest BCUT2D eigenvalue weighted by Crippen LogP contribution is 2.34. The minimum Gasteiger partial charge on any atom is -0.504 e. The van der Waals surface area contributed by atoms with Gasteiger partial charge in [-0.15, -0.1) is 12.4 Å². The topological polar surface area (TPSA) is 64.7 Å². The molecular weight excluding hydrogens is 242 g/mol. The van der Waals surface area contributed by atoms with Crippen LogP contribution in [-0.4, -0.2) is 25.4 Å². The molecule has 17 heavy (non-hydrogen) atoms. The van der Waals surface area contributed by atoms with E-state index in [4.69, 9.17) is 15.2 Å². The van der Waals surface area contributed by atoms with Gasteiger partial charge in [0.05, 0.1) is 14.2 Å². The number of phenolic OH excluding ortho intramolecular Hbond substituents is 1. The molecule has 0 aromatic heterocycles. The molecule has 0 radical (unpaired) electrons. The lowest BCUT2D eigenvalue weighted by atomic mass is 10.0. The molecule has 1 rings (SSSR count). The predicted octanol–water partition coefficient (Wildman–Crippen LogP) is 2.11. The average molecular weight is 262 g/mol. The molecule has 98 valence electrons. The maximum atomic E-state index is 9.60. The number of halogens is 1.